The van der Waals surface area contributed by atoms with Crippen molar-refractivity contribution >= 4 is 17.3 Å². The van der Waals surface area contributed by atoms with Crippen molar-refractivity contribution in [3.63, 3.8) is 0 Å². The van der Waals surface area contributed by atoms with Crippen molar-refractivity contribution < 1.29 is 4.79 Å². The van der Waals surface area contributed by atoms with Crippen molar-refractivity contribution in [3.05, 3.63) is 23.8 Å². The van der Waals surface area contributed by atoms with Crippen LogP contribution in [0.2, 0.25) is 0 Å². The second-order valence-corrected chi connectivity index (χ2v) is 4.54. The summed E-state index contributed by atoms with van der Waals surface area (Å²) >= 11 is 0. The zero-order chi connectivity index (χ0) is 11.6. The Kier molecular flexibility index (Phi) is 2.88. The summed E-state index contributed by atoms with van der Waals surface area (Å²) in [4.78, 5) is 11.0. The fourth-order valence-corrected chi connectivity index (χ4v) is 1.22. The molecule has 0 aromatic heterocycles. The van der Waals surface area contributed by atoms with E-state index in [0.29, 0.717) is 11.3 Å². The molecular weight excluding hydrogens is 190 g/mol. The molecule has 1 aromatic carbocycles. The van der Waals surface area contributed by atoms with Gasteiger partial charge in [0.25, 0.3) is 0 Å². The molecule has 0 saturated carbocycles. The number of hydrogen-bond acceptors (Lipinski definition) is 3. The molecule has 1 amide bonds. The lowest BCUT2D eigenvalue weighted by atomic mass is 10.1. The van der Waals surface area contributed by atoms with Crippen LogP contribution in [0.1, 0.15) is 31.1 Å². The van der Waals surface area contributed by atoms with Gasteiger partial charge in [-0.05, 0) is 39.0 Å². The van der Waals surface area contributed by atoms with Gasteiger partial charge in [0.15, 0.2) is 0 Å². The lowest BCUT2D eigenvalue weighted by Gasteiger charge is -2.23. The van der Waals surface area contributed by atoms with E-state index in [1.165, 1.54) is 0 Å². The van der Waals surface area contributed by atoms with Crippen LogP contribution in [-0.2, 0) is 0 Å². The van der Waals surface area contributed by atoms with E-state index in [0.717, 1.165) is 5.69 Å². The highest BCUT2D eigenvalue weighted by molar-refractivity contribution is 5.94. The van der Waals surface area contributed by atoms with E-state index in [-0.39, 0.29) is 5.54 Å². The van der Waals surface area contributed by atoms with Gasteiger partial charge in [0, 0.05) is 11.1 Å². The average molecular weight is 207 g/mol. The van der Waals surface area contributed by atoms with Crippen LogP contribution in [0.5, 0.6) is 0 Å². The number of nitrogens with one attached hydrogen (secondary N) is 1. The summed E-state index contributed by atoms with van der Waals surface area (Å²) in [6.45, 7) is 6.05. The average Bonchev–Trinajstić information content (AvgIpc) is 2.06. The summed E-state index contributed by atoms with van der Waals surface area (Å²) < 4.78 is 0. The standard InChI is InChI=1S/C11H17N3O/c1-11(2,3)14-9-6-7(10(13)15)4-5-8(9)12/h4-6,14H,12H2,1-3H3,(H2,13,15). The van der Waals surface area contributed by atoms with Gasteiger partial charge in [0.2, 0.25) is 5.91 Å². The number of amides is 1. The number of benzene rings is 1. The topological polar surface area (TPSA) is 81.1 Å². The lowest BCUT2D eigenvalue weighted by molar-refractivity contribution is 0.100. The molecule has 0 aliphatic carbocycles. The van der Waals surface area contributed by atoms with E-state index >= 15 is 0 Å². The SMILES string of the molecule is CC(C)(C)Nc1cc(C(N)=O)ccc1N. The highest BCUT2D eigenvalue weighted by Crippen LogP contribution is 2.23. The maximum atomic E-state index is 11.0. The Morgan fingerprint density at radius 1 is 1.33 bits per heavy atom. The van der Waals surface area contributed by atoms with Gasteiger partial charge in [-0.25, -0.2) is 0 Å². The van der Waals surface area contributed by atoms with Crippen LogP contribution in [0.25, 0.3) is 0 Å². The highest BCUT2D eigenvalue weighted by atomic mass is 16.1. The Bertz CT molecular complexity index is 380. The Balaban J connectivity index is 3.06. The van der Waals surface area contributed by atoms with Gasteiger partial charge in [-0.1, -0.05) is 0 Å². The third-order valence-electron chi connectivity index (χ3n) is 1.85. The molecule has 0 aliphatic rings. The number of primary amides is 1. The first kappa shape index (κ1) is 11.4. The molecule has 1 rings (SSSR count). The third kappa shape index (κ3) is 3.16. The van der Waals surface area contributed by atoms with E-state index in [1.54, 1.807) is 18.2 Å². The van der Waals surface area contributed by atoms with Crippen LogP contribution in [-0.4, -0.2) is 11.4 Å². The molecule has 82 valence electrons. The lowest BCUT2D eigenvalue weighted by Crippen LogP contribution is -2.27. The fourth-order valence-electron chi connectivity index (χ4n) is 1.22. The normalized spacial score (nSPS) is 11.1. The van der Waals surface area contributed by atoms with Crippen molar-refractivity contribution in [2.75, 3.05) is 11.1 Å². The number of carbonyl (C=O) groups is 1. The predicted molar refractivity (Wildman–Crippen MR) is 62.7 cm³/mol. The Hall–Kier alpha value is -1.71. The van der Waals surface area contributed by atoms with Crippen LogP contribution in [0.15, 0.2) is 18.2 Å². The summed E-state index contributed by atoms with van der Waals surface area (Å²) in [5, 5.41) is 3.21. The van der Waals surface area contributed by atoms with Crippen molar-refractivity contribution in [1.82, 2.24) is 0 Å². The van der Waals surface area contributed by atoms with Gasteiger partial charge in [-0.3, -0.25) is 4.79 Å². The molecule has 4 nitrogen and oxygen atoms in total. The van der Waals surface area contributed by atoms with Gasteiger partial charge in [0.05, 0.1) is 11.4 Å². The molecule has 0 spiro atoms. The molecule has 1 aromatic rings. The first-order valence-corrected chi connectivity index (χ1v) is 4.77. The van der Waals surface area contributed by atoms with Gasteiger partial charge in [0.1, 0.15) is 0 Å². The second-order valence-electron chi connectivity index (χ2n) is 4.54. The summed E-state index contributed by atoms with van der Waals surface area (Å²) in [5.74, 6) is -0.452. The van der Waals surface area contributed by atoms with E-state index in [4.69, 9.17) is 11.5 Å². The summed E-state index contributed by atoms with van der Waals surface area (Å²) in [6.07, 6.45) is 0. The molecule has 0 bridgehead atoms. The first-order valence-electron chi connectivity index (χ1n) is 4.77. The minimum absolute atomic E-state index is 0.107. The maximum Gasteiger partial charge on any atom is 0.248 e. The number of hydrogen-bond donors (Lipinski definition) is 3. The quantitative estimate of drug-likeness (QED) is 0.644. The number of nitrogen functional groups attached to an aromatic ring is 1. The van der Waals surface area contributed by atoms with Crippen molar-refractivity contribution in [3.8, 4) is 0 Å². The van der Waals surface area contributed by atoms with Gasteiger partial charge in [-0.15, -0.1) is 0 Å². The van der Waals surface area contributed by atoms with Crippen LogP contribution in [0.3, 0.4) is 0 Å². The van der Waals surface area contributed by atoms with Crippen molar-refractivity contribution in [2.24, 2.45) is 5.73 Å². The van der Waals surface area contributed by atoms with Crippen molar-refractivity contribution in [2.45, 2.75) is 26.3 Å². The summed E-state index contributed by atoms with van der Waals surface area (Å²) in [5.41, 5.74) is 12.7. The van der Waals surface area contributed by atoms with Gasteiger partial charge in [-0.2, -0.15) is 0 Å². The minimum atomic E-state index is -0.452. The largest absolute Gasteiger partial charge is 0.397 e. The third-order valence-corrected chi connectivity index (χ3v) is 1.85. The first-order chi connectivity index (χ1) is 6.79. The van der Waals surface area contributed by atoms with E-state index in [1.807, 2.05) is 20.8 Å². The van der Waals surface area contributed by atoms with E-state index < -0.39 is 5.91 Å². The van der Waals surface area contributed by atoms with Crippen molar-refractivity contribution in [1.29, 1.82) is 0 Å². The molecule has 4 heteroatoms. The van der Waals surface area contributed by atoms with E-state index in [9.17, 15) is 4.79 Å². The Morgan fingerprint density at radius 3 is 2.40 bits per heavy atom. The smallest absolute Gasteiger partial charge is 0.248 e. The molecule has 0 radical (unpaired) electrons. The molecule has 0 aliphatic heterocycles. The number of carbonyl (C=O) groups excluding carboxylic acids is 1. The molecule has 0 heterocycles. The van der Waals surface area contributed by atoms with Crippen LogP contribution in [0, 0.1) is 0 Å². The highest BCUT2D eigenvalue weighted by Gasteiger charge is 2.12. The molecule has 15 heavy (non-hydrogen) atoms. The number of rotatable bonds is 2. The zero-order valence-corrected chi connectivity index (χ0v) is 9.29. The monoisotopic (exact) mass is 207 g/mol. The zero-order valence-electron chi connectivity index (χ0n) is 9.29. The predicted octanol–water partition coefficient (Wildman–Crippen LogP) is 1.58. The molecule has 0 unspecified atom stereocenters. The second kappa shape index (κ2) is 3.81. The Morgan fingerprint density at radius 2 is 1.93 bits per heavy atom. The number of nitrogens with two attached hydrogens (primary N) is 2. The fraction of sp³-hybridized carbons (Fsp3) is 0.364. The maximum absolute atomic E-state index is 11.0. The minimum Gasteiger partial charge on any atom is -0.397 e. The van der Waals surface area contributed by atoms with Gasteiger partial charge < -0.3 is 16.8 Å². The van der Waals surface area contributed by atoms with Crippen LogP contribution < -0.4 is 16.8 Å². The van der Waals surface area contributed by atoms with Gasteiger partial charge >= 0.3 is 0 Å². The summed E-state index contributed by atoms with van der Waals surface area (Å²) in [6, 6.07) is 4.96. The Labute approximate surface area is 89.6 Å². The number of anilines is 2. The van der Waals surface area contributed by atoms with Crippen LogP contribution >= 0.6 is 0 Å². The molecule has 5 N–H and O–H groups in total. The molecule has 0 atom stereocenters. The van der Waals surface area contributed by atoms with Crippen LogP contribution in [0.4, 0.5) is 11.4 Å². The molecular formula is C11H17N3O. The molecule has 0 saturated heterocycles. The summed E-state index contributed by atoms with van der Waals surface area (Å²) in [7, 11) is 0. The molecule has 0 fully saturated rings. The van der Waals surface area contributed by atoms with E-state index in [2.05, 4.69) is 5.32 Å².